The molecule has 31 heavy (non-hydrogen) atoms. The summed E-state index contributed by atoms with van der Waals surface area (Å²) in [5, 5.41) is 10.3. The van der Waals surface area contributed by atoms with Crippen LogP contribution < -0.4 is 16.0 Å². The Morgan fingerprint density at radius 1 is 1.23 bits per heavy atom. The first-order valence-corrected chi connectivity index (χ1v) is 11.1. The molecule has 0 spiro atoms. The van der Waals surface area contributed by atoms with E-state index in [1.807, 2.05) is 36.4 Å². The van der Waals surface area contributed by atoms with E-state index >= 15 is 0 Å². The van der Waals surface area contributed by atoms with E-state index in [2.05, 4.69) is 25.8 Å². The molecule has 0 saturated carbocycles. The zero-order valence-electron chi connectivity index (χ0n) is 17.4. The number of aromatic nitrogens is 1. The summed E-state index contributed by atoms with van der Waals surface area (Å²) in [5.41, 5.74) is 2.11. The third kappa shape index (κ3) is 5.81. The van der Waals surface area contributed by atoms with Gasteiger partial charge in [-0.05, 0) is 42.2 Å². The average Bonchev–Trinajstić information content (AvgIpc) is 3.22. The minimum atomic E-state index is -0.130. The lowest BCUT2D eigenvalue weighted by atomic mass is 10.0. The second-order valence-corrected chi connectivity index (χ2v) is 8.67. The third-order valence-corrected chi connectivity index (χ3v) is 6.26. The first kappa shape index (κ1) is 21.7. The largest absolute Gasteiger partial charge is 0.353 e. The van der Waals surface area contributed by atoms with E-state index in [4.69, 9.17) is 11.6 Å². The topological polar surface area (TPSA) is 86.4 Å². The minimum Gasteiger partial charge on any atom is -0.353 e. The minimum absolute atomic E-state index is 0.0205. The zero-order valence-corrected chi connectivity index (χ0v) is 18.1. The number of pyridine rings is 1. The van der Waals surface area contributed by atoms with Crippen LogP contribution in [0, 0.1) is 0 Å². The molecule has 2 amide bonds. The number of amides is 2. The first-order chi connectivity index (χ1) is 15.1. The Kier molecular flexibility index (Phi) is 7.17. The van der Waals surface area contributed by atoms with E-state index in [9.17, 15) is 9.59 Å². The van der Waals surface area contributed by atoms with Crippen molar-refractivity contribution in [3.05, 3.63) is 64.9 Å². The van der Waals surface area contributed by atoms with Crippen molar-refractivity contribution < 1.29 is 9.59 Å². The van der Waals surface area contributed by atoms with Gasteiger partial charge in [-0.2, -0.15) is 0 Å². The molecule has 7 nitrogen and oxygen atoms in total. The Labute approximate surface area is 187 Å². The van der Waals surface area contributed by atoms with Crippen LogP contribution in [0.4, 0.5) is 0 Å². The van der Waals surface area contributed by atoms with Gasteiger partial charge < -0.3 is 16.0 Å². The van der Waals surface area contributed by atoms with Gasteiger partial charge in [0.1, 0.15) is 0 Å². The standard InChI is InChI=1S/C23H28ClN5O2/c24-18-5-1-3-16(9-18)12-26-19-10-21-23(31)28-14-20(29(21)15-19)6-7-22(30)27-13-17-4-2-8-25-11-17/h1-5,8-9,11,19-21,26H,6-7,10,12-15H2,(H,27,30)(H,28,31). The van der Waals surface area contributed by atoms with E-state index in [1.54, 1.807) is 12.4 Å². The number of hydrogen-bond acceptors (Lipinski definition) is 5. The van der Waals surface area contributed by atoms with Crippen LogP contribution >= 0.6 is 11.6 Å². The quantitative estimate of drug-likeness (QED) is 0.582. The van der Waals surface area contributed by atoms with E-state index in [1.165, 1.54) is 0 Å². The summed E-state index contributed by atoms with van der Waals surface area (Å²) in [5.74, 6) is 0.108. The predicted molar refractivity (Wildman–Crippen MR) is 119 cm³/mol. The molecule has 4 rings (SSSR count). The van der Waals surface area contributed by atoms with Crippen molar-refractivity contribution in [2.24, 2.45) is 0 Å². The molecule has 1 aromatic carbocycles. The lowest BCUT2D eigenvalue weighted by molar-refractivity contribution is -0.129. The van der Waals surface area contributed by atoms with Gasteiger partial charge in [-0.15, -0.1) is 0 Å². The van der Waals surface area contributed by atoms with Gasteiger partial charge in [0.25, 0.3) is 0 Å². The van der Waals surface area contributed by atoms with Gasteiger partial charge in [0, 0.05) is 62.1 Å². The van der Waals surface area contributed by atoms with E-state index in [-0.39, 0.29) is 29.9 Å². The average molecular weight is 442 g/mol. The number of benzene rings is 1. The molecule has 1 aromatic heterocycles. The van der Waals surface area contributed by atoms with Crippen LogP contribution in [0.15, 0.2) is 48.8 Å². The molecule has 2 aliphatic heterocycles. The molecule has 0 radical (unpaired) electrons. The summed E-state index contributed by atoms with van der Waals surface area (Å²) in [6, 6.07) is 11.9. The number of nitrogens with one attached hydrogen (secondary N) is 3. The molecule has 3 N–H and O–H groups in total. The highest BCUT2D eigenvalue weighted by Gasteiger charge is 2.43. The van der Waals surface area contributed by atoms with E-state index < -0.39 is 0 Å². The van der Waals surface area contributed by atoms with Crippen LogP contribution in [0.5, 0.6) is 0 Å². The van der Waals surface area contributed by atoms with Crippen LogP contribution in [0.1, 0.15) is 30.4 Å². The number of piperazine rings is 1. The molecule has 8 heteroatoms. The van der Waals surface area contributed by atoms with E-state index in [0.29, 0.717) is 19.5 Å². The van der Waals surface area contributed by atoms with Crippen LogP contribution in [0.2, 0.25) is 5.02 Å². The fourth-order valence-corrected chi connectivity index (χ4v) is 4.60. The van der Waals surface area contributed by atoms with Gasteiger partial charge in [-0.3, -0.25) is 19.5 Å². The maximum atomic E-state index is 12.4. The van der Waals surface area contributed by atoms with Crippen molar-refractivity contribution in [3.63, 3.8) is 0 Å². The number of halogens is 1. The Bertz CT molecular complexity index is 910. The molecule has 3 unspecified atom stereocenters. The fourth-order valence-electron chi connectivity index (χ4n) is 4.39. The number of carbonyl (C=O) groups excluding carboxylic acids is 2. The Morgan fingerprint density at radius 3 is 2.90 bits per heavy atom. The molecule has 0 bridgehead atoms. The van der Waals surface area contributed by atoms with Crippen LogP contribution in [-0.4, -0.2) is 52.9 Å². The van der Waals surface area contributed by atoms with Crippen LogP contribution in [0.25, 0.3) is 0 Å². The van der Waals surface area contributed by atoms with Gasteiger partial charge in [0.15, 0.2) is 0 Å². The van der Waals surface area contributed by atoms with Crippen molar-refractivity contribution >= 4 is 23.4 Å². The molecule has 0 aliphatic carbocycles. The second kappa shape index (κ2) is 10.2. The molecular formula is C23H28ClN5O2. The van der Waals surface area contributed by atoms with Crippen LogP contribution in [0.3, 0.4) is 0 Å². The number of carbonyl (C=O) groups is 2. The van der Waals surface area contributed by atoms with Gasteiger partial charge in [0.05, 0.1) is 6.04 Å². The zero-order chi connectivity index (χ0) is 21.6. The Hall–Kier alpha value is -2.48. The molecule has 3 atom stereocenters. The smallest absolute Gasteiger partial charge is 0.237 e. The second-order valence-electron chi connectivity index (χ2n) is 8.23. The summed E-state index contributed by atoms with van der Waals surface area (Å²) < 4.78 is 0. The third-order valence-electron chi connectivity index (χ3n) is 6.02. The number of hydrogen-bond donors (Lipinski definition) is 3. The summed E-state index contributed by atoms with van der Waals surface area (Å²) >= 11 is 6.07. The lowest BCUT2D eigenvalue weighted by Crippen LogP contribution is -2.58. The van der Waals surface area contributed by atoms with Gasteiger partial charge in [0.2, 0.25) is 11.8 Å². The maximum absolute atomic E-state index is 12.4. The highest BCUT2D eigenvalue weighted by Crippen LogP contribution is 2.26. The summed E-state index contributed by atoms with van der Waals surface area (Å²) in [7, 11) is 0. The summed E-state index contributed by atoms with van der Waals surface area (Å²) in [4.78, 5) is 31.0. The maximum Gasteiger partial charge on any atom is 0.237 e. The van der Waals surface area contributed by atoms with Gasteiger partial charge in [-0.25, -0.2) is 0 Å². The molecule has 3 heterocycles. The van der Waals surface area contributed by atoms with Crippen molar-refractivity contribution in [1.29, 1.82) is 0 Å². The van der Waals surface area contributed by atoms with Crippen molar-refractivity contribution in [1.82, 2.24) is 25.8 Å². The first-order valence-electron chi connectivity index (χ1n) is 10.8. The molecule has 2 aliphatic rings. The summed E-state index contributed by atoms with van der Waals surface area (Å²) in [6.07, 6.45) is 5.39. The monoisotopic (exact) mass is 441 g/mol. The molecular weight excluding hydrogens is 414 g/mol. The van der Waals surface area contributed by atoms with Gasteiger partial charge in [-0.1, -0.05) is 29.8 Å². The number of nitrogens with zero attached hydrogens (tertiary/aromatic N) is 2. The van der Waals surface area contributed by atoms with Crippen molar-refractivity contribution in [2.75, 3.05) is 13.1 Å². The fraction of sp³-hybridized carbons (Fsp3) is 0.435. The van der Waals surface area contributed by atoms with E-state index in [0.717, 1.165) is 42.1 Å². The normalized spacial score (nSPS) is 23.3. The molecule has 2 saturated heterocycles. The molecule has 2 aromatic rings. The number of fused-ring (bicyclic) bond motifs is 1. The lowest BCUT2D eigenvalue weighted by Gasteiger charge is -2.37. The Balaban J connectivity index is 1.26. The molecule has 164 valence electrons. The SMILES string of the molecule is O=C(CCC1CNC(=O)C2CC(NCc3cccc(Cl)c3)CN12)NCc1cccnc1. The summed E-state index contributed by atoms with van der Waals surface area (Å²) in [6.45, 7) is 2.59. The highest BCUT2D eigenvalue weighted by molar-refractivity contribution is 6.30. The van der Waals surface area contributed by atoms with Gasteiger partial charge >= 0.3 is 0 Å². The Morgan fingerprint density at radius 2 is 2.10 bits per heavy atom. The molecule has 2 fully saturated rings. The predicted octanol–water partition coefficient (Wildman–Crippen LogP) is 1.86. The van der Waals surface area contributed by atoms with Crippen molar-refractivity contribution in [2.45, 2.75) is 50.5 Å². The highest BCUT2D eigenvalue weighted by atomic mass is 35.5. The number of rotatable bonds is 8. The van der Waals surface area contributed by atoms with Crippen LogP contribution in [-0.2, 0) is 22.7 Å². The van der Waals surface area contributed by atoms with Crippen molar-refractivity contribution in [3.8, 4) is 0 Å².